The maximum absolute atomic E-state index is 12.7. The third kappa shape index (κ3) is 4.57. The summed E-state index contributed by atoms with van der Waals surface area (Å²) in [6.07, 6.45) is 2.29. The topological polar surface area (TPSA) is 59.1 Å². The first kappa shape index (κ1) is 20.2. The van der Waals surface area contributed by atoms with Crippen LogP contribution in [0.2, 0.25) is 0 Å². The lowest BCUT2D eigenvalue weighted by atomic mass is 10.00. The zero-order chi connectivity index (χ0) is 20.3. The van der Waals surface area contributed by atoms with Crippen LogP contribution in [0.15, 0.2) is 47.4 Å². The van der Waals surface area contributed by atoms with Gasteiger partial charge >= 0.3 is 0 Å². The van der Waals surface area contributed by atoms with Gasteiger partial charge < -0.3 is 14.4 Å². The SMILES string of the molecule is Cc1ccc2c(c1)CCCN2CCOc1ccc(S(=O)(=O)N2CCOCC2)cc1. The minimum absolute atomic E-state index is 0.298. The van der Waals surface area contributed by atoms with Crippen LogP contribution >= 0.6 is 0 Å². The number of hydrogen-bond donors (Lipinski definition) is 0. The molecule has 0 aliphatic carbocycles. The normalized spacial score (nSPS) is 17.8. The second-order valence-corrected chi connectivity index (χ2v) is 9.50. The van der Waals surface area contributed by atoms with E-state index in [4.69, 9.17) is 9.47 Å². The monoisotopic (exact) mass is 416 g/mol. The Bertz CT molecular complexity index is 938. The Labute approximate surface area is 173 Å². The third-order valence-electron chi connectivity index (χ3n) is 5.51. The van der Waals surface area contributed by atoms with Gasteiger partial charge in [0.25, 0.3) is 0 Å². The van der Waals surface area contributed by atoms with Crippen molar-refractivity contribution in [1.29, 1.82) is 0 Å². The minimum Gasteiger partial charge on any atom is -0.492 e. The zero-order valence-corrected chi connectivity index (χ0v) is 17.7. The average molecular weight is 417 g/mol. The molecule has 4 rings (SSSR count). The maximum atomic E-state index is 12.7. The van der Waals surface area contributed by atoms with E-state index in [9.17, 15) is 8.42 Å². The van der Waals surface area contributed by atoms with E-state index >= 15 is 0 Å². The average Bonchev–Trinajstić information content (AvgIpc) is 2.74. The fourth-order valence-electron chi connectivity index (χ4n) is 3.95. The van der Waals surface area contributed by atoms with Crippen LogP contribution in [0.25, 0.3) is 0 Å². The van der Waals surface area contributed by atoms with Crippen molar-refractivity contribution in [3.8, 4) is 5.75 Å². The molecule has 0 spiro atoms. The highest BCUT2D eigenvalue weighted by atomic mass is 32.2. The van der Waals surface area contributed by atoms with Gasteiger partial charge in [0.15, 0.2) is 0 Å². The van der Waals surface area contributed by atoms with Gasteiger partial charge in [0.2, 0.25) is 10.0 Å². The molecule has 1 fully saturated rings. The number of sulfonamides is 1. The van der Waals surface area contributed by atoms with E-state index in [2.05, 4.69) is 30.0 Å². The van der Waals surface area contributed by atoms with Crippen LogP contribution in [-0.4, -0.2) is 58.7 Å². The molecule has 0 radical (unpaired) electrons. The fourth-order valence-corrected chi connectivity index (χ4v) is 5.36. The minimum atomic E-state index is -3.46. The Morgan fingerprint density at radius 2 is 1.79 bits per heavy atom. The van der Waals surface area contributed by atoms with E-state index in [1.54, 1.807) is 24.3 Å². The standard InChI is InChI=1S/C22H28N2O4S/c1-18-4-9-22-19(17-18)3-2-10-23(22)11-16-28-20-5-7-21(8-6-20)29(25,26)24-12-14-27-15-13-24/h4-9,17H,2-3,10-16H2,1H3. The number of hydrogen-bond acceptors (Lipinski definition) is 5. The van der Waals surface area contributed by atoms with E-state index in [1.165, 1.54) is 21.1 Å². The molecular formula is C22H28N2O4S. The van der Waals surface area contributed by atoms with Gasteiger partial charge in [0.1, 0.15) is 12.4 Å². The summed E-state index contributed by atoms with van der Waals surface area (Å²) in [6.45, 7) is 6.22. The van der Waals surface area contributed by atoms with Gasteiger partial charge in [-0.3, -0.25) is 0 Å². The smallest absolute Gasteiger partial charge is 0.243 e. The molecule has 2 aliphatic rings. The Balaban J connectivity index is 1.34. The second kappa shape index (κ2) is 8.73. The summed E-state index contributed by atoms with van der Waals surface area (Å²) in [5, 5.41) is 0. The Morgan fingerprint density at radius 1 is 1.03 bits per heavy atom. The molecule has 29 heavy (non-hydrogen) atoms. The van der Waals surface area contributed by atoms with E-state index in [-0.39, 0.29) is 0 Å². The number of anilines is 1. The lowest BCUT2D eigenvalue weighted by Gasteiger charge is -2.31. The van der Waals surface area contributed by atoms with Crippen molar-refractivity contribution in [2.45, 2.75) is 24.7 Å². The molecule has 0 bridgehead atoms. The first-order valence-corrected chi connectivity index (χ1v) is 11.6. The number of ether oxygens (including phenoxy) is 2. The summed E-state index contributed by atoms with van der Waals surface area (Å²) in [5.74, 6) is 0.687. The van der Waals surface area contributed by atoms with E-state index < -0.39 is 10.0 Å². The molecule has 1 saturated heterocycles. The van der Waals surface area contributed by atoms with Crippen LogP contribution in [0.5, 0.6) is 5.75 Å². The third-order valence-corrected chi connectivity index (χ3v) is 7.42. The number of morpholine rings is 1. The molecule has 0 saturated carbocycles. The van der Waals surface area contributed by atoms with Crippen LogP contribution in [0.3, 0.4) is 0 Å². The van der Waals surface area contributed by atoms with Crippen LogP contribution in [-0.2, 0) is 21.2 Å². The highest BCUT2D eigenvalue weighted by Crippen LogP contribution is 2.28. The van der Waals surface area contributed by atoms with Crippen LogP contribution in [0.1, 0.15) is 17.5 Å². The van der Waals surface area contributed by atoms with E-state index in [0.29, 0.717) is 43.6 Å². The van der Waals surface area contributed by atoms with Gasteiger partial charge in [-0.15, -0.1) is 0 Å². The van der Waals surface area contributed by atoms with Crippen molar-refractivity contribution in [3.63, 3.8) is 0 Å². The molecule has 2 aromatic carbocycles. The van der Waals surface area contributed by atoms with Gasteiger partial charge in [-0.1, -0.05) is 17.7 Å². The van der Waals surface area contributed by atoms with Gasteiger partial charge in [0.05, 0.1) is 24.7 Å². The molecule has 7 heteroatoms. The predicted molar refractivity (Wildman–Crippen MR) is 113 cm³/mol. The van der Waals surface area contributed by atoms with Crippen LogP contribution in [0.4, 0.5) is 5.69 Å². The number of nitrogens with zero attached hydrogens (tertiary/aromatic N) is 2. The Morgan fingerprint density at radius 3 is 2.55 bits per heavy atom. The molecule has 156 valence electrons. The number of benzene rings is 2. The van der Waals surface area contributed by atoms with Gasteiger partial charge in [-0.2, -0.15) is 4.31 Å². The van der Waals surface area contributed by atoms with E-state index in [0.717, 1.165) is 25.9 Å². The number of aryl methyl sites for hydroxylation is 2. The second-order valence-electron chi connectivity index (χ2n) is 7.56. The number of fused-ring (bicyclic) bond motifs is 1. The van der Waals surface area contributed by atoms with Gasteiger partial charge in [0, 0.05) is 25.3 Å². The molecule has 0 atom stereocenters. The predicted octanol–water partition coefficient (Wildman–Crippen LogP) is 2.85. The van der Waals surface area contributed by atoms with Crippen molar-refractivity contribution < 1.29 is 17.9 Å². The van der Waals surface area contributed by atoms with Crippen LogP contribution < -0.4 is 9.64 Å². The molecule has 6 nitrogen and oxygen atoms in total. The fraction of sp³-hybridized carbons (Fsp3) is 0.455. The lowest BCUT2D eigenvalue weighted by Crippen LogP contribution is -2.40. The number of rotatable bonds is 6. The highest BCUT2D eigenvalue weighted by Gasteiger charge is 2.26. The first-order valence-electron chi connectivity index (χ1n) is 10.2. The molecular weight excluding hydrogens is 388 g/mol. The van der Waals surface area contributed by atoms with Crippen molar-refractivity contribution in [3.05, 3.63) is 53.6 Å². The molecule has 2 aromatic rings. The molecule has 2 heterocycles. The van der Waals surface area contributed by atoms with Crippen molar-refractivity contribution in [2.24, 2.45) is 0 Å². The summed E-state index contributed by atoms with van der Waals surface area (Å²) in [5.41, 5.74) is 4.01. The zero-order valence-electron chi connectivity index (χ0n) is 16.8. The molecule has 0 N–H and O–H groups in total. The summed E-state index contributed by atoms with van der Waals surface area (Å²) in [6, 6.07) is 13.4. The summed E-state index contributed by atoms with van der Waals surface area (Å²) >= 11 is 0. The summed E-state index contributed by atoms with van der Waals surface area (Å²) in [7, 11) is -3.46. The first-order chi connectivity index (χ1) is 14.0. The summed E-state index contributed by atoms with van der Waals surface area (Å²) < 4.78 is 38.0. The summed E-state index contributed by atoms with van der Waals surface area (Å²) in [4.78, 5) is 2.67. The Hall–Kier alpha value is -2.09. The maximum Gasteiger partial charge on any atom is 0.243 e. The van der Waals surface area contributed by atoms with Crippen molar-refractivity contribution in [1.82, 2.24) is 4.31 Å². The quantitative estimate of drug-likeness (QED) is 0.725. The van der Waals surface area contributed by atoms with Crippen molar-refractivity contribution in [2.75, 3.05) is 50.9 Å². The largest absolute Gasteiger partial charge is 0.492 e. The van der Waals surface area contributed by atoms with Gasteiger partial charge in [-0.25, -0.2) is 8.42 Å². The molecule has 0 unspecified atom stereocenters. The Kier molecular flexibility index (Phi) is 6.08. The molecule has 0 amide bonds. The molecule has 0 aromatic heterocycles. The van der Waals surface area contributed by atoms with E-state index in [1.807, 2.05) is 0 Å². The molecule has 2 aliphatic heterocycles. The van der Waals surface area contributed by atoms with Crippen LogP contribution in [0, 0.1) is 6.92 Å². The van der Waals surface area contributed by atoms with Gasteiger partial charge in [-0.05, 0) is 55.7 Å². The highest BCUT2D eigenvalue weighted by molar-refractivity contribution is 7.89. The lowest BCUT2D eigenvalue weighted by molar-refractivity contribution is 0.0730. The van der Waals surface area contributed by atoms with Crippen molar-refractivity contribution >= 4 is 15.7 Å².